The third-order valence-electron chi connectivity index (χ3n) is 4.53. The number of carbonyl (C=O) groups excluding carboxylic acids is 1. The average molecular weight is 352 g/mol. The standard InChI is InChI=1S/C18H20N6O2/c1-26-16-3-2-6-19-17(16)23-7-9-24(10-8-23)18(25)21-14-5-4-13-12-20-22-15(13)11-14/h2-6,11-12H,7-10H2,1H3,(H,20,22)(H,21,25). The number of amides is 2. The van der Waals surface area contributed by atoms with Gasteiger partial charge in [-0.25, -0.2) is 9.78 Å². The van der Waals surface area contributed by atoms with Gasteiger partial charge in [-0.05, 0) is 30.3 Å². The molecule has 3 aromatic rings. The third-order valence-corrected chi connectivity index (χ3v) is 4.53. The molecule has 0 atom stereocenters. The van der Waals surface area contributed by atoms with Gasteiger partial charge >= 0.3 is 6.03 Å². The Labute approximate surface area is 150 Å². The van der Waals surface area contributed by atoms with Crippen molar-refractivity contribution in [3.05, 3.63) is 42.7 Å². The minimum absolute atomic E-state index is 0.100. The second kappa shape index (κ2) is 6.91. The van der Waals surface area contributed by atoms with E-state index >= 15 is 0 Å². The normalized spacial score (nSPS) is 14.5. The summed E-state index contributed by atoms with van der Waals surface area (Å²) in [6.45, 7) is 2.66. The van der Waals surface area contributed by atoms with Crippen LogP contribution in [0.15, 0.2) is 42.7 Å². The summed E-state index contributed by atoms with van der Waals surface area (Å²) in [6, 6.07) is 9.34. The molecule has 0 spiro atoms. The molecule has 0 aliphatic carbocycles. The van der Waals surface area contributed by atoms with Crippen molar-refractivity contribution in [3.8, 4) is 5.75 Å². The van der Waals surface area contributed by atoms with Crippen molar-refractivity contribution in [2.24, 2.45) is 0 Å². The van der Waals surface area contributed by atoms with Gasteiger partial charge in [0.1, 0.15) is 0 Å². The van der Waals surface area contributed by atoms with Gasteiger partial charge in [-0.2, -0.15) is 5.10 Å². The van der Waals surface area contributed by atoms with Crippen LogP contribution in [0.25, 0.3) is 10.9 Å². The molecule has 1 saturated heterocycles. The molecule has 3 heterocycles. The topological polar surface area (TPSA) is 86.4 Å². The Morgan fingerprint density at radius 3 is 2.88 bits per heavy atom. The largest absolute Gasteiger partial charge is 0.493 e. The zero-order valence-corrected chi connectivity index (χ0v) is 14.5. The van der Waals surface area contributed by atoms with Crippen LogP contribution in [0, 0.1) is 0 Å². The number of fused-ring (bicyclic) bond motifs is 1. The van der Waals surface area contributed by atoms with Crippen LogP contribution in [0.4, 0.5) is 16.3 Å². The number of aromatic nitrogens is 3. The quantitative estimate of drug-likeness (QED) is 0.755. The Morgan fingerprint density at radius 1 is 1.23 bits per heavy atom. The predicted molar refractivity (Wildman–Crippen MR) is 99.7 cm³/mol. The monoisotopic (exact) mass is 352 g/mol. The van der Waals surface area contributed by atoms with Crippen molar-refractivity contribution in [1.82, 2.24) is 20.1 Å². The summed E-state index contributed by atoms with van der Waals surface area (Å²) in [5, 5.41) is 10.9. The molecule has 0 saturated carbocycles. The lowest BCUT2D eigenvalue weighted by Crippen LogP contribution is -2.50. The predicted octanol–water partition coefficient (Wildman–Crippen LogP) is 2.32. The fraction of sp³-hybridized carbons (Fsp3) is 0.278. The highest BCUT2D eigenvalue weighted by Gasteiger charge is 2.23. The van der Waals surface area contributed by atoms with Crippen LogP contribution in [-0.2, 0) is 0 Å². The van der Waals surface area contributed by atoms with Crippen molar-refractivity contribution in [3.63, 3.8) is 0 Å². The number of hydrogen-bond acceptors (Lipinski definition) is 5. The minimum Gasteiger partial charge on any atom is -0.493 e. The van der Waals surface area contributed by atoms with Crippen molar-refractivity contribution in [1.29, 1.82) is 0 Å². The summed E-state index contributed by atoms with van der Waals surface area (Å²) < 4.78 is 5.38. The number of urea groups is 1. The number of H-pyrrole nitrogens is 1. The van der Waals surface area contributed by atoms with E-state index in [9.17, 15) is 4.79 Å². The minimum atomic E-state index is -0.100. The molecule has 0 bridgehead atoms. The molecule has 1 aromatic carbocycles. The molecule has 8 nitrogen and oxygen atoms in total. The first-order valence-electron chi connectivity index (χ1n) is 8.47. The molecule has 1 aliphatic heterocycles. The summed E-state index contributed by atoms with van der Waals surface area (Å²) in [6.07, 6.45) is 3.51. The van der Waals surface area contributed by atoms with Crippen LogP contribution in [0.3, 0.4) is 0 Å². The summed E-state index contributed by atoms with van der Waals surface area (Å²) in [5.41, 5.74) is 1.65. The summed E-state index contributed by atoms with van der Waals surface area (Å²) in [5.74, 6) is 1.57. The molecule has 8 heteroatoms. The van der Waals surface area contributed by atoms with E-state index in [2.05, 4.69) is 25.4 Å². The van der Waals surface area contributed by atoms with Crippen LogP contribution >= 0.6 is 0 Å². The second-order valence-electron chi connectivity index (χ2n) is 6.11. The number of aromatic amines is 1. The second-order valence-corrected chi connectivity index (χ2v) is 6.11. The molecule has 1 fully saturated rings. The number of nitrogens with one attached hydrogen (secondary N) is 2. The average Bonchev–Trinajstić information content (AvgIpc) is 3.16. The van der Waals surface area contributed by atoms with E-state index in [4.69, 9.17) is 4.74 Å². The van der Waals surface area contributed by atoms with Crippen molar-refractivity contribution < 1.29 is 9.53 Å². The SMILES string of the molecule is COc1cccnc1N1CCN(C(=O)Nc2ccc3cn[nH]c3c2)CC1. The Balaban J connectivity index is 1.38. The van der Waals surface area contributed by atoms with E-state index in [1.807, 2.05) is 35.2 Å². The van der Waals surface area contributed by atoms with Crippen LogP contribution in [-0.4, -0.2) is 59.4 Å². The van der Waals surface area contributed by atoms with Crippen LogP contribution < -0.4 is 15.0 Å². The number of piperazine rings is 1. The Morgan fingerprint density at radius 2 is 2.08 bits per heavy atom. The highest BCUT2D eigenvalue weighted by molar-refractivity contribution is 5.92. The van der Waals surface area contributed by atoms with E-state index in [0.29, 0.717) is 26.2 Å². The first kappa shape index (κ1) is 16.2. The molecule has 2 N–H and O–H groups in total. The van der Waals surface area contributed by atoms with E-state index < -0.39 is 0 Å². The zero-order chi connectivity index (χ0) is 17.9. The molecule has 2 amide bonds. The first-order valence-corrected chi connectivity index (χ1v) is 8.47. The number of pyridine rings is 1. The smallest absolute Gasteiger partial charge is 0.321 e. The van der Waals surface area contributed by atoms with Gasteiger partial charge in [-0.1, -0.05) is 0 Å². The number of carbonyl (C=O) groups is 1. The van der Waals surface area contributed by atoms with Gasteiger partial charge in [0.15, 0.2) is 11.6 Å². The molecular formula is C18H20N6O2. The highest BCUT2D eigenvalue weighted by Crippen LogP contribution is 2.25. The molecule has 2 aromatic heterocycles. The number of rotatable bonds is 3. The number of ether oxygens (including phenoxy) is 1. The van der Waals surface area contributed by atoms with E-state index in [-0.39, 0.29) is 6.03 Å². The zero-order valence-electron chi connectivity index (χ0n) is 14.5. The number of hydrogen-bond donors (Lipinski definition) is 2. The number of nitrogens with zero attached hydrogens (tertiary/aromatic N) is 4. The Hall–Kier alpha value is -3.29. The van der Waals surface area contributed by atoms with Gasteiger partial charge in [0, 0.05) is 43.4 Å². The highest BCUT2D eigenvalue weighted by atomic mass is 16.5. The van der Waals surface area contributed by atoms with Gasteiger partial charge in [0.05, 0.1) is 18.8 Å². The van der Waals surface area contributed by atoms with Crippen LogP contribution in [0.2, 0.25) is 0 Å². The lowest BCUT2D eigenvalue weighted by atomic mass is 10.2. The van der Waals surface area contributed by atoms with Crippen LogP contribution in [0.1, 0.15) is 0 Å². The van der Waals surface area contributed by atoms with E-state index in [0.717, 1.165) is 28.2 Å². The maximum absolute atomic E-state index is 12.5. The van der Waals surface area contributed by atoms with Crippen molar-refractivity contribution >= 4 is 28.4 Å². The Kier molecular flexibility index (Phi) is 4.30. The molecule has 26 heavy (non-hydrogen) atoms. The third kappa shape index (κ3) is 3.13. The van der Waals surface area contributed by atoms with Gasteiger partial charge in [0.2, 0.25) is 0 Å². The van der Waals surface area contributed by atoms with Crippen molar-refractivity contribution in [2.45, 2.75) is 0 Å². The van der Waals surface area contributed by atoms with Gasteiger partial charge in [-0.15, -0.1) is 0 Å². The summed E-state index contributed by atoms with van der Waals surface area (Å²) in [4.78, 5) is 20.9. The molecule has 0 radical (unpaired) electrons. The number of benzene rings is 1. The summed E-state index contributed by atoms with van der Waals surface area (Å²) >= 11 is 0. The van der Waals surface area contributed by atoms with Gasteiger partial charge in [-0.3, -0.25) is 5.10 Å². The van der Waals surface area contributed by atoms with E-state index in [1.165, 1.54) is 0 Å². The lowest BCUT2D eigenvalue weighted by Gasteiger charge is -2.35. The Bertz CT molecular complexity index is 917. The van der Waals surface area contributed by atoms with Crippen molar-refractivity contribution in [2.75, 3.05) is 43.5 Å². The number of anilines is 2. The first-order chi connectivity index (χ1) is 12.7. The lowest BCUT2D eigenvalue weighted by molar-refractivity contribution is 0.208. The summed E-state index contributed by atoms with van der Waals surface area (Å²) in [7, 11) is 1.64. The molecular weight excluding hydrogens is 332 g/mol. The number of methoxy groups -OCH3 is 1. The maximum atomic E-state index is 12.5. The fourth-order valence-corrected chi connectivity index (χ4v) is 3.12. The van der Waals surface area contributed by atoms with Gasteiger partial charge in [0.25, 0.3) is 0 Å². The molecule has 134 valence electrons. The van der Waals surface area contributed by atoms with Gasteiger partial charge < -0.3 is 19.9 Å². The maximum Gasteiger partial charge on any atom is 0.321 e. The fourth-order valence-electron chi connectivity index (χ4n) is 3.12. The molecule has 0 unspecified atom stereocenters. The van der Waals surface area contributed by atoms with Crippen LogP contribution in [0.5, 0.6) is 5.75 Å². The van der Waals surface area contributed by atoms with E-state index in [1.54, 1.807) is 19.5 Å². The molecule has 4 rings (SSSR count). The molecule has 1 aliphatic rings.